The molecule has 0 unspecified atom stereocenters. The van der Waals surface area contributed by atoms with Gasteiger partial charge in [-0.15, -0.1) is 11.3 Å². The second kappa shape index (κ2) is 6.84. The summed E-state index contributed by atoms with van der Waals surface area (Å²) >= 11 is 4.50. The molecule has 1 aromatic heterocycles. The second-order valence-corrected chi connectivity index (χ2v) is 7.72. The Morgan fingerprint density at radius 3 is 2.77 bits per heavy atom. The summed E-state index contributed by atoms with van der Waals surface area (Å²) in [6.45, 7) is 0. The van der Waals surface area contributed by atoms with Crippen molar-refractivity contribution in [3.63, 3.8) is 0 Å². The molecular formula is C12H12BrN3O4S2. The van der Waals surface area contributed by atoms with Crippen LogP contribution in [0.2, 0.25) is 0 Å². The number of nitrogens with one attached hydrogen (secondary N) is 1. The van der Waals surface area contributed by atoms with E-state index in [2.05, 4.69) is 26.2 Å². The Labute approximate surface area is 140 Å². The van der Waals surface area contributed by atoms with Gasteiger partial charge in [0, 0.05) is 23.1 Å². The molecule has 7 nitrogen and oxygen atoms in total. The van der Waals surface area contributed by atoms with Crippen LogP contribution in [-0.4, -0.2) is 37.9 Å². The molecule has 0 saturated carbocycles. The smallest absolute Gasteiger partial charge is 0.264 e. The number of aromatic nitrogens is 1. The fourth-order valence-electron chi connectivity index (χ4n) is 1.54. The number of anilines is 1. The first-order chi connectivity index (χ1) is 10.4. The molecule has 22 heavy (non-hydrogen) atoms. The Balaban J connectivity index is 2.37. The average Bonchev–Trinajstić information content (AvgIpc) is 2.99. The fourth-order valence-corrected chi connectivity index (χ4v) is 3.49. The zero-order chi connectivity index (χ0) is 16.3. The molecule has 0 atom stereocenters. The van der Waals surface area contributed by atoms with Gasteiger partial charge in [-0.25, -0.2) is 13.4 Å². The normalized spacial score (nSPS) is 11.6. The summed E-state index contributed by atoms with van der Waals surface area (Å²) in [4.78, 5) is 20.8. The molecule has 1 amide bonds. The van der Waals surface area contributed by atoms with Crippen LogP contribution in [0.25, 0.3) is 0 Å². The number of benzene rings is 1. The first-order valence-electron chi connectivity index (χ1n) is 5.89. The number of nitrogens with zero attached hydrogens (tertiary/aromatic N) is 2. The second-order valence-electron chi connectivity index (χ2n) is 4.03. The van der Waals surface area contributed by atoms with E-state index in [0.717, 1.165) is 4.47 Å². The van der Waals surface area contributed by atoms with E-state index in [9.17, 15) is 13.2 Å². The molecule has 0 aliphatic carbocycles. The lowest BCUT2D eigenvalue weighted by Gasteiger charge is -2.15. The Morgan fingerprint density at radius 2 is 2.18 bits per heavy atom. The molecule has 0 radical (unpaired) electrons. The summed E-state index contributed by atoms with van der Waals surface area (Å²) in [5, 5.41) is 4.75. The van der Waals surface area contributed by atoms with Gasteiger partial charge in [0.05, 0.1) is 17.6 Å². The van der Waals surface area contributed by atoms with Gasteiger partial charge in [0.2, 0.25) is 0 Å². The maximum atomic E-state index is 12.2. The monoisotopic (exact) mass is 405 g/mol. The molecule has 1 N–H and O–H groups in total. The van der Waals surface area contributed by atoms with Gasteiger partial charge in [-0.1, -0.05) is 4.47 Å². The number of halogens is 1. The minimum absolute atomic E-state index is 0.0515. The first-order valence-corrected chi connectivity index (χ1v) is 9.01. The molecule has 10 heteroatoms. The van der Waals surface area contributed by atoms with E-state index in [-0.39, 0.29) is 10.5 Å². The van der Waals surface area contributed by atoms with Crippen LogP contribution in [0.3, 0.4) is 0 Å². The van der Waals surface area contributed by atoms with Crippen molar-refractivity contribution >= 4 is 48.3 Å². The van der Waals surface area contributed by atoms with E-state index in [0.29, 0.717) is 9.60 Å². The van der Waals surface area contributed by atoms with Gasteiger partial charge in [0.25, 0.3) is 15.9 Å². The van der Waals surface area contributed by atoms with Crippen molar-refractivity contribution in [2.24, 2.45) is 0 Å². The molecule has 2 rings (SSSR count). The minimum Gasteiger partial charge on any atom is -0.298 e. The van der Waals surface area contributed by atoms with Gasteiger partial charge in [-0.2, -0.15) is 0 Å². The van der Waals surface area contributed by atoms with Crippen LogP contribution in [0.15, 0.2) is 39.1 Å². The average molecular weight is 406 g/mol. The summed E-state index contributed by atoms with van der Waals surface area (Å²) in [7, 11) is -1.31. The quantitative estimate of drug-likeness (QED) is 0.771. The number of hydrogen-bond acceptors (Lipinski definition) is 6. The van der Waals surface area contributed by atoms with Crippen molar-refractivity contribution in [3.05, 3.63) is 39.8 Å². The first kappa shape index (κ1) is 17.0. The van der Waals surface area contributed by atoms with E-state index < -0.39 is 15.9 Å². The predicted octanol–water partition coefficient (Wildman–Crippen LogP) is 2.34. The lowest BCUT2D eigenvalue weighted by atomic mass is 10.2. The van der Waals surface area contributed by atoms with Crippen LogP contribution in [0, 0.1) is 0 Å². The third-order valence-corrected chi connectivity index (χ3v) is 5.78. The third-order valence-electron chi connectivity index (χ3n) is 2.73. The van der Waals surface area contributed by atoms with Crippen LogP contribution < -0.4 is 5.32 Å². The summed E-state index contributed by atoms with van der Waals surface area (Å²) in [6.07, 6.45) is 1.56. The highest BCUT2D eigenvalue weighted by atomic mass is 79.9. The largest absolute Gasteiger partial charge is 0.298 e. The number of rotatable bonds is 5. The molecule has 0 aliphatic rings. The Bertz CT molecular complexity index is 778. The van der Waals surface area contributed by atoms with Gasteiger partial charge in [-0.05, 0) is 34.1 Å². The van der Waals surface area contributed by atoms with Gasteiger partial charge >= 0.3 is 0 Å². The van der Waals surface area contributed by atoms with Crippen LogP contribution in [0.1, 0.15) is 10.4 Å². The molecule has 0 saturated heterocycles. The molecule has 0 bridgehead atoms. The number of carbonyl (C=O) groups excluding carboxylic acids is 1. The van der Waals surface area contributed by atoms with Crippen molar-refractivity contribution in [3.8, 4) is 0 Å². The zero-order valence-corrected chi connectivity index (χ0v) is 14.8. The molecule has 2 aromatic rings. The van der Waals surface area contributed by atoms with E-state index in [1.165, 1.54) is 43.7 Å². The Hall–Kier alpha value is -1.33. The number of hydroxylamine groups is 1. The van der Waals surface area contributed by atoms with Crippen LogP contribution in [0.4, 0.5) is 5.13 Å². The number of amides is 1. The topological polar surface area (TPSA) is 88.6 Å². The molecule has 1 aromatic carbocycles. The molecule has 0 fully saturated rings. The van der Waals surface area contributed by atoms with E-state index in [4.69, 9.17) is 4.84 Å². The lowest BCUT2D eigenvalue weighted by Crippen LogP contribution is -2.26. The number of thiazole rings is 1. The summed E-state index contributed by atoms with van der Waals surface area (Å²) < 4.78 is 25.6. The molecule has 0 aliphatic heterocycles. The van der Waals surface area contributed by atoms with Gasteiger partial charge in [-0.3, -0.25) is 14.9 Å². The number of hydrogen-bond donors (Lipinski definition) is 1. The van der Waals surface area contributed by atoms with Crippen LogP contribution in [0.5, 0.6) is 0 Å². The van der Waals surface area contributed by atoms with E-state index >= 15 is 0 Å². The van der Waals surface area contributed by atoms with Crippen molar-refractivity contribution < 1.29 is 18.0 Å². The highest BCUT2D eigenvalue weighted by Crippen LogP contribution is 2.24. The highest BCUT2D eigenvalue weighted by molar-refractivity contribution is 9.10. The van der Waals surface area contributed by atoms with Crippen molar-refractivity contribution in [2.45, 2.75) is 4.90 Å². The highest BCUT2D eigenvalue weighted by Gasteiger charge is 2.23. The van der Waals surface area contributed by atoms with Crippen molar-refractivity contribution in [2.75, 3.05) is 19.5 Å². The summed E-state index contributed by atoms with van der Waals surface area (Å²) in [6, 6.07) is 4.15. The SMILES string of the molecule is CON(C)S(=O)(=O)c1ccc(Br)c(C(=O)Nc2nccs2)c1. The van der Waals surface area contributed by atoms with Crippen molar-refractivity contribution in [1.29, 1.82) is 0 Å². The standard InChI is InChI=1S/C12H12BrN3O4S2/c1-16(20-2)22(18,19)8-3-4-10(13)9(7-8)11(17)15-12-14-5-6-21-12/h3-7H,1-2H3,(H,14,15,17). The van der Waals surface area contributed by atoms with Crippen molar-refractivity contribution in [1.82, 2.24) is 9.45 Å². The maximum absolute atomic E-state index is 12.2. The minimum atomic E-state index is -3.83. The third kappa shape index (κ3) is 3.52. The molecule has 0 spiro atoms. The van der Waals surface area contributed by atoms with Gasteiger partial charge < -0.3 is 0 Å². The van der Waals surface area contributed by atoms with E-state index in [1.54, 1.807) is 11.6 Å². The predicted molar refractivity (Wildman–Crippen MR) is 86.2 cm³/mol. The molecule has 118 valence electrons. The van der Waals surface area contributed by atoms with Crippen LogP contribution in [-0.2, 0) is 14.9 Å². The summed E-state index contributed by atoms with van der Waals surface area (Å²) in [5.74, 6) is -0.459. The fraction of sp³-hybridized carbons (Fsp3) is 0.167. The number of carbonyl (C=O) groups is 1. The van der Waals surface area contributed by atoms with Gasteiger partial charge in [0.15, 0.2) is 5.13 Å². The summed E-state index contributed by atoms with van der Waals surface area (Å²) in [5.41, 5.74) is 0.181. The van der Waals surface area contributed by atoms with Gasteiger partial charge in [0.1, 0.15) is 0 Å². The van der Waals surface area contributed by atoms with Crippen LogP contribution >= 0.6 is 27.3 Å². The molecule has 1 heterocycles. The Kier molecular flexibility index (Phi) is 5.29. The number of sulfonamides is 1. The maximum Gasteiger partial charge on any atom is 0.264 e. The zero-order valence-electron chi connectivity index (χ0n) is 11.6. The molecular weight excluding hydrogens is 394 g/mol. The Morgan fingerprint density at radius 1 is 1.45 bits per heavy atom. The lowest BCUT2D eigenvalue weighted by molar-refractivity contribution is -0.0258. The van der Waals surface area contributed by atoms with E-state index in [1.807, 2.05) is 0 Å².